The van der Waals surface area contributed by atoms with Gasteiger partial charge in [-0.1, -0.05) is 0 Å². The van der Waals surface area contributed by atoms with Gasteiger partial charge in [0.2, 0.25) is 5.36 Å². The highest BCUT2D eigenvalue weighted by atomic mass is 32.1. The van der Waals surface area contributed by atoms with Crippen LogP contribution in [0.15, 0.2) is 24.3 Å². The monoisotopic (exact) mass is 473 g/mol. The highest BCUT2D eigenvalue weighted by Gasteiger charge is 2.36. The number of hydrogen-bond acceptors (Lipinski definition) is 4. The molecule has 0 amide bonds. The van der Waals surface area contributed by atoms with Crippen LogP contribution < -0.4 is 19.7 Å². The number of rotatable bonds is 2. The van der Waals surface area contributed by atoms with Crippen LogP contribution in [-0.2, 0) is 6.18 Å². The molecule has 33 heavy (non-hydrogen) atoms. The van der Waals surface area contributed by atoms with Gasteiger partial charge in [-0.3, -0.25) is 0 Å². The Balaban J connectivity index is 1.64. The van der Waals surface area contributed by atoms with Crippen LogP contribution >= 0.6 is 11.3 Å². The Morgan fingerprint density at radius 2 is 1.39 bits per heavy atom. The van der Waals surface area contributed by atoms with Crippen LogP contribution in [0.3, 0.4) is 0 Å². The fourth-order valence-corrected chi connectivity index (χ4v) is 6.61. The van der Waals surface area contributed by atoms with Crippen molar-refractivity contribution < 1.29 is 13.2 Å². The lowest BCUT2D eigenvalue weighted by atomic mass is 10.1. The van der Waals surface area contributed by atoms with Gasteiger partial charge in [0.1, 0.15) is 13.1 Å². The highest BCUT2D eigenvalue weighted by Crippen LogP contribution is 2.41. The van der Waals surface area contributed by atoms with Gasteiger partial charge in [0.25, 0.3) is 0 Å². The summed E-state index contributed by atoms with van der Waals surface area (Å²) in [5.74, 6) is 0. The smallest absolute Gasteiger partial charge is 0.371 e. The van der Waals surface area contributed by atoms with Crippen LogP contribution in [0.25, 0.3) is 20.8 Å². The molecule has 0 N–H and O–H groups in total. The molecule has 0 unspecified atom stereocenters. The van der Waals surface area contributed by atoms with Gasteiger partial charge < -0.3 is 9.80 Å². The van der Waals surface area contributed by atoms with E-state index in [4.69, 9.17) is 4.98 Å². The first kappa shape index (κ1) is 21.2. The predicted molar refractivity (Wildman–Crippen MR) is 128 cm³/mol. The van der Waals surface area contributed by atoms with Crippen LogP contribution in [0.1, 0.15) is 44.1 Å². The maximum absolute atomic E-state index is 14.2. The standard InChI is InChI=1S/C25H28F3N4S/c26-25(27,28)19-13-17(30-7-1-2-8-30)15-21-23(19)29-24-20(32-11-5-6-12-32)14-18(16-22(24)33-21)31-9-3-4-10-31/h13-16H,1-12H2/q+1. The Morgan fingerprint density at radius 3 is 2.00 bits per heavy atom. The first-order chi connectivity index (χ1) is 16.0. The molecule has 4 nitrogen and oxygen atoms in total. The van der Waals surface area contributed by atoms with Crippen LogP contribution in [0, 0.1) is 0 Å². The summed E-state index contributed by atoms with van der Waals surface area (Å²) in [4.78, 5) is 10.2. The summed E-state index contributed by atoms with van der Waals surface area (Å²) in [7, 11) is 0. The number of alkyl halides is 3. The molecule has 0 atom stereocenters. The molecule has 5 aliphatic rings. The summed E-state index contributed by atoms with van der Waals surface area (Å²) in [6, 6.07) is 7.54. The predicted octanol–water partition coefficient (Wildman–Crippen LogP) is 5.19. The number of fused-ring (bicyclic) bond motifs is 2. The Hall–Kier alpha value is -2.35. The molecule has 3 fully saturated rings. The van der Waals surface area contributed by atoms with Gasteiger partial charge in [0.15, 0.2) is 5.69 Å². The zero-order chi connectivity index (χ0) is 22.6. The van der Waals surface area contributed by atoms with Crippen LogP contribution in [-0.4, -0.2) is 44.3 Å². The fourth-order valence-electron chi connectivity index (χ4n) is 5.52. The number of aromatic nitrogens is 1. The highest BCUT2D eigenvalue weighted by molar-refractivity contribution is 7.21. The zero-order valence-corrected chi connectivity index (χ0v) is 19.4. The average Bonchev–Trinajstić information content (AvgIpc) is 3.57. The summed E-state index contributed by atoms with van der Waals surface area (Å²) in [6.45, 7) is 5.56. The van der Waals surface area contributed by atoms with E-state index in [-0.39, 0.29) is 5.52 Å². The Labute approximate surface area is 195 Å². The third-order valence-corrected chi connectivity index (χ3v) is 8.30. The third kappa shape index (κ3) is 3.86. The molecule has 1 aliphatic carbocycles. The maximum atomic E-state index is 14.2. The van der Waals surface area contributed by atoms with Crippen molar-refractivity contribution in [2.45, 2.75) is 44.7 Å². The van der Waals surface area contributed by atoms with E-state index in [9.17, 15) is 13.2 Å². The molecule has 174 valence electrons. The molecule has 3 saturated heterocycles. The van der Waals surface area contributed by atoms with E-state index in [0.717, 1.165) is 75.2 Å². The molecule has 8 heteroatoms. The third-order valence-electron chi connectivity index (χ3n) is 7.24. The topological polar surface area (TPSA) is 22.4 Å². The largest absolute Gasteiger partial charge is 0.418 e. The molecular formula is C25H28F3N4S+. The minimum absolute atomic E-state index is 0.0808. The van der Waals surface area contributed by atoms with E-state index >= 15 is 0 Å². The van der Waals surface area contributed by atoms with E-state index in [1.54, 1.807) is 0 Å². The van der Waals surface area contributed by atoms with Crippen molar-refractivity contribution in [3.8, 4) is 10.6 Å². The Kier molecular flexibility index (Phi) is 5.24. The average molecular weight is 474 g/mol. The van der Waals surface area contributed by atoms with Crippen molar-refractivity contribution >= 4 is 32.9 Å². The van der Waals surface area contributed by atoms with Crippen molar-refractivity contribution in [2.24, 2.45) is 0 Å². The molecule has 0 spiro atoms. The molecule has 0 radical (unpaired) electrons. The van der Waals surface area contributed by atoms with Gasteiger partial charge in [0, 0.05) is 56.5 Å². The molecule has 0 aromatic heterocycles. The van der Waals surface area contributed by atoms with E-state index < -0.39 is 11.7 Å². The molecule has 1 aromatic rings. The van der Waals surface area contributed by atoms with Crippen LogP contribution in [0.5, 0.6) is 0 Å². The number of benzene rings is 2. The maximum Gasteiger partial charge on any atom is 0.418 e. The zero-order valence-electron chi connectivity index (χ0n) is 18.6. The summed E-state index contributed by atoms with van der Waals surface area (Å²) >= 11 is 1.46. The van der Waals surface area contributed by atoms with Gasteiger partial charge in [-0.25, -0.2) is 9.56 Å². The molecule has 4 heterocycles. The summed E-state index contributed by atoms with van der Waals surface area (Å²) < 4.78 is 45.5. The molecule has 0 bridgehead atoms. The van der Waals surface area contributed by atoms with Crippen LogP contribution in [0.2, 0.25) is 0 Å². The lowest BCUT2D eigenvalue weighted by molar-refractivity contribution is -0.136. The van der Waals surface area contributed by atoms with Gasteiger partial charge in [-0.05, 0) is 43.9 Å². The minimum atomic E-state index is -4.44. The van der Waals surface area contributed by atoms with Crippen LogP contribution in [0.4, 0.5) is 24.5 Å². The first-order valence-corrected chi connectivity index (χ1v) is 12.9. The number of anilines is 2. The number of halogens is 3. The SMILES string of the molecule is FC(F)(F)c1cc(N2CCCC2)cc2sc3cc(N4CCCC4)cc(=[N+]4CCCC4)c-3nc12. The summed E-state index contributed by atoms with van der Waals surface area (Å²) in [5, 5.41) is 0.988. The first-order valence-electron chi connectivity index (χ1n) is 12.0. The quantitative estimate of drug-likeness (QED) is 0.378. The molecule has 6 rings (SSSR count). The number of nitrogens with zero attached hydrogens (tertiary/aromatic N) is 4. The Bertz CT molecular complexity index is 1230. The van der Waals surface area contributed by atoms with Gasteiger partial charge in [0.05, 0.1) is 20.7 Å². The van der Waals surface area contributed by atoms with Crippen molar-refractivity contribution in [3.63, 3.8) is 0 Å². The van der Waals surface area contributed by atoms with Gasteiger partial charge in [-0.15, -0.1) is 11.3 Å². The number of hydrogen-bond donors (Lipinski definition) is 0. The normalized spacial score (nSPS) is 19.5. The second-order valence-electron chi connectivity index (χ2n) is 9.45. The lowest BCUT2D eigenvalue weighted by Gasteiger charge is -2.22. The molecule has 0 saturated carbocycles. The van der Waals surface area contributed by atoms with E-state index in [1.807, 2.05) is 6.07 Å². The lowest BCUT2D eigenvalue weighted by Crippen LogP contribution is -2.31. The molecule has 1 aromatic carbocycles. The van der Waals surface area contributed by atoms with E-state index in [1.165, 1.54) is 35.9 Å². The second-order valence-corrected chi connectivity index (χ2v) is 10.5. The van der Waals surface area contributed by atoms with Gasteiger partial charge >= 0.3 is 6.18 Å². The molecule has 4 aliphatic heterocycles. The second kappa shape index (κ2) is 8.15. The van der Waals surface area contributed by atoms with Gasteiger partial charge in [-0.2, -0.15) is 13.2 Å². The molecular weight excluding hydrogens is 445 g/mol. The Morgan fingerprint density at radius 1 is 0.788 bits per heavy atom. The van der Waals surface area contributed by atoms with E-state index in [2.05, 4.69) is 26.5 Å². The van der Waals surface area contributed by atoms with Crippen molar-refractivity contribution in [1.82, 2.24) is 9.56 Å². The van der Waals surface area contributed by atoms with Crippen molar-refractivity contribution in [1.29, 1.82) is 0 Å². The van der Waals surface area contributed by atoms with Crippen molar-refractivity contribution in [2.75, 3.05) is 49.1 Å². The fraction of sp³-hybridized carbons (Fsp3) is 0.520. The summed E-state index contributed by atoms with van der Waals surface area (Å²) in [6.07, 6.45) is 2.20. The minimum Gasteiger partial charge on any atom is -0.371 e. The summed E-state index contributed by atoms with van der Waals surface area (Å²) in [5.41, 5.74) is 2.01. The van der Waals surface area contributed by atoms with E-state index in [0.29, 0.717) is 16.1 Å². The van der Waals surface area contributed by atoms with Crippen molar-refractivity contribution in [3.05, 3.63) is 35.2 Å².